The zero-order valence-electron chi connectivity index (χ0n) is 25.2. The maximum absolute atomic E-state index is 14.8. The van der Waals surface area contributed by atoms with Crippen LogP contribution in [0.3, 0.4) is 0 Å². The molecule has 1 unspecified atom stereocenters. The number of aliphatic hydroxyl groups excluding tert-OH is 1. The number of hydrogen-bond acceptors (Lipinski definition) is 6. The van der Waals surface area contributed by atoms with E-state index >= 15 is 0 Å². The third-order valence-corrected chi connectivity index (χ3v) is 9.68. The van der Waals surface area contributed by atoms with Gasteiger partial charge in [-0.05, 0) is 50.6 Å². The zero-order valence-corrected chi connectivity index (χ0v) is 25.2. The lowest BCUT2D eigenvalue weighted by Crippen LogP contribution is -2.57. The Labute approximate surface area is 253 Å². The Hall–Kier alpha value is -3.95. The number of nitrogens with zero attached hydrogens (tertiary/aromatic N) is 4. The van der Waals surface area contributed by atoms with Gasteiger partial charge in [-0.1, -0.05) is 54.6 Å². The second-order valence-electron chi connectivity index (χ2n) is 12.0. The summed E-state index contributed by atoms with van der Waals surface area (Å²) in [5.74, 6) is -2.64. The van der Waals surface area contributed by atoms with Crippen molar-refractivity contribution in [2.45, 2.75) is 44.1 Å². The molecule has 4 aliphatic rings. The van der Waals surface area contributed by atoms with Gasteiger partial charge < -0.3 is 29.4 Å². The molecule has 226 valence electrons. The highest BCUT2D eigenvalue weighted by molar-refractivity contribution is 6.06. The van der Waals surface area contributed by atoms with E-state index in [1.807, 2.05) is 85.8 Å². The van der Waals surface area contributed by atoms with Crippen LogP contribution in [0.25, 0.3) is 0 Å². The number of benzene rings is 2. The van der Waals surface area contributed by atoms with Crippen LogP contribution in [0, 0.1) is 11.8 Å². The molecule has 1 N–H and O–H groups in total. The van der Waals surface area contributed by atoms with E-state index in [0.717, 1.165) is 18.8 Å². The van der Waals surface area contributed by atoms with Gasteiger partial charge in [-0.3, -0.25) is 14.4 Å². The van der Waals surface area contributed by atoms with Crippen LogP contribution >= 0.6 is 0 Å². The lowest BCUT2D eigenvalue weighted by atomic mass is 9.74. The lowest BCUT2D eigenvalue weighted by molar-refractivity contribution is -0.151. The number of aliphatic hydroxyl groups is 1. The van der Waals surface area contributed by atoms with E-state index in [1.165, 1.54) is 4.90 Å². The van der Waals surface area contributed by atoms with Crippen molar-refractivity contribution >= 4 is 29.1 Å². The number of carbonyl (C=O) groups is 3. The number of amides is 3. The smallest absolute Gasteiger partial charge is 0.253 e. The summed E-state index contributed by atoms with van der Waals surface area (Å²) in [5, 5.41) is 10.7. The Balaban J connectivity index is 1.49. The normalized spacial score (nSPS) is 30.6. The van der Waals surface area contributed by atoms with Gasteiger partial charge in [-0.25, -0.2) is 0 Å². The molecule has 3 amide bonds. The largest absolute Gasteiger partial charge is 0.394 e. The third kappa shape index (κ3) is 4.40. The maximum atomic E-state index is 14.8. The van der Waals surface area contributed by atoms with Gasteiger partial charge in [-0.2, -0.15) is 0 Å². The van der Waals surface area contributed by atoms with Crippen molar-refractivity contribution in [1.29, 1.82) is 0 Å². The van der Waals surface area contributed by atoms with Gasteiger partial charge in [0, 0.05) is 44.6 Å². The summed E-state index contributed by atoms with van der Waals surface area (Å²) >= 11 is 0. The fourth-order valence-electron chi connectivity index (χ4n) is 7.61. The highest BCUT2D eigenvalue weighted by atomic mass is 16.5. The van der Waals surface area contributed by atoms with E-state index in [2.05, 4.69) is 18.7 Å². The van der Waals surface area contributed by atoms with Crippen molar-refractivity contribution in [2.24, 2.45) is 11.8 Å². The number of hydrogen-bond donors (Lipinski definition) is 1. The fourth-order valence-corrected chi connectivity index (χ4v) is 7.61. The van der Waals surface area contributed by atoms with Crippen LogP contribution in [0.15, 0.2) is 78.9 Å². The molecule has 4 heterocycles. The van der Waals surface area contributed by atoms with Crippen molar-refractivity contribution < 1.29 is 24.2 Å². The average Bonchev–Trinajstić information content (AvgIpc) is 3.29. The van der Waals surface area contributed by atoms with Crippen LogP contribution in [-0.2, 0) is 19.1 Å². The minimum Gasteiger partial charge on any atom is -0.394 e. The number of likely N-dealkylation sites (N-methyl/N-ethyl adjacent to an activating group) is 1. The second kappa shape index (κ2) is 11.0. The molecular weight excluding hydrogens is 544 g/mol. The van der Waals surface area contributed by atoms with Crippen LogP contribution < -0.4 is 9.80 Å². The number of likely N-dealkylation sites (tertiary alicyclic amines) is 1. The Kier molecular flexibility index (Phi) is 7.42. The molecule has 9 nitrogen and oxygen atoms in total. The number of ether oxygens (including phenoxy) is 1. The molecule has 9 heteroatoms. The number of rotatable bonds is 7. The highest BCUT2D eigenvalue weighted by Crippen LogP contribution is 2.58. The molecular formula is C34H40N4O5. The van der Waals surface area contributed by atoms with Gasteiger partial charge in [0.25, 0.3) is 5.91 Å². The molecule has 2 fully saturated rings. The van der Waals surface area contributed by atoms with Crippen molar-refractivity contribution in [2.75, 3.05) is 49.6 Å². The second-order valence-corrected chi connectivity index (χ2v) is 12.0. The summed E-state index contributed by atoms with van der Waals surface area (Å²) < 4.78 is 6.89. The highest BCUT2D eigenvalue weighted by Gasteiger charge is 2.75. The summed E-state index contributed by atoms with van der Waals surface area (Å²) in [6, 6.07) is 15.2. The molecule has 0 saturated carbocycles. The van der Waals surface area contributed by atoms with E-state index in [9.17, 15) is 19.5 Å². The first-order valence-corrected chi connectivity index (χ1v) is 15.2. The molecule has 2 saturated heterocycles. The number of anilines is 2. The topological polar surface area (TPSA) is 93.6 Å². The fraction of sp³-hybridized carbons (Fsp3) is 0.441. The van der Waals surface area contributed by atoms with Crippen molar-refractivity contribution in [3.05, 3.63) is 84.5 Å². The van der Waals surface area contributed by atoms with E-state index < -0.39 is 35.1 Å². The Morgan fingerprint density at radius 1 is 0.907 bits per heavy atom. The molecule has 0 bridgehead atoms. The van der Waals surface area contributed by atoms with Gasteiger partial charge in [0.2, 0.25) is 11.8 Å². The van der Waals surface area contributed by atoms with E-state index in [0.29, 0.717) is 17.8 Å². The summed E-state index contributed by atoms with van der Waals surface area (Å²) in [6.45, 7) is 8.07. The van der Waals surface area contributed by atoms with Gasteiger partial charge >= 0.3 is 0 Å². The molecule has 2 aromatic rings. The average molecular weight is 585 g/mol. The minimum absolute atomic E-state index is 0.197. The Morgan fingerprint density at radius 3 is 2.23 bits per heavy atom. The van der Waals surface area contributed by atoms with Crippen molar-refractivity contribution in [1.82, 2.24) is 9.80 Å². The van der Waals surface area contributed by atoms with Crippen LogP contribution in [0.2, 0.25) is 0 Å². The van der Waals surface area contributed by atoms with E-state index in [-0.39, 0.29) is 30.9 Å². The van der Waals surface area contributed by atoms with Crippen LogP contribution in [0.5, 0.6) is 0 Å². The van der Waals surface area contributed by atoms with Gasteiger partial charge in [-0.15, -0.1) is 0 Å². The van der Waals surface area contributed by atoms with Crippen LogP contribution in [0.4, 0.5) is 11.4 Å². The van der Waals surface area contributed by atoms with E-state index in [1.54, 1.807) is 16.8 Å². The standard InChI is InChI=1S/C34H40N4O5/c1-5-36(6-2)24-14-16-25(17-15-24)37-21-11-19-34-28(27-30(40)35(4)20-10-18-33(27,3)43-34)31(41)38(29(34)32(37)42)26(22-39)23-12-8-7-9-13-23/h7-19,26-29,39H,5-6,20-22H2,1-4H3/t26-,27+,28+,29?,33-,34+/m1/s1. The van der Waals surface area contributed by atoms with Crippen LogP contribution in [0.1, 0.15) is 32.4 Å². The van der Waals surface area contributed by atoms with Gasteiger partial charge in [0.05, 0.1) is 30.1 Å². The predicted octanol–water partition coefficient (Wildman–Crippen LogP) is 3.17. The molecule has 0 radical (unpaired) electrons. The molecule has 1 spiro atoms. The Morgan fingerprint density at radius 2 is 1.58 bits per heavy atom. The zero-order chi connectivity index (χ0) is 30.5. The quantitative estimate of drug-likeness (QED) is 0.503. The molecule has 0 aliphatic carbocycles. The van der Waals surface area contributed by atoms with Crippen molar-refractivity contribution in [3.63, 3.8) is 0 Å². The Bertz CT molecular complexity index is 1450. The summed E-state index contributed by atoms with van der Waals surface area (Å²) in [5.41, 5.74) is -0.0143. The molecule has 6 atom stereocenters. The molecule has 0 aromatic heterocycles. The molecule has 2 aromatic carbocycles. The first kappa shape index (κ1) is 29.1. The molecule has 4 aliphatic heterocycles. The minimum atomic E-state index is -1.40. The maximum Gasteiger partial charge on any atom is 0.253 e. The van der Waals surface area contributed by atoms with Gasteiger partial charge in [0.15, 0.2) is 0 Å². The first-order chi connectivity index (χ1) is 20.7. The summed E-state index contributed by atoms with van der Waals surface area (Å²) in [6.07, 6.45) is 7.47. The first-order valence-electron chi connectivity index (χ1n) is 15.2. The summed E-state index contributed by atoms with van der Waals surface area (Å²) in [4.78, 5) is 50.4. The number of fused-ring (bicyclic) bond motifs is 2. The number of carbonyl (C=O) groups excluding carboxylic acids is 3. The predicted molar refractivity (Wildman–Crippen MR) is 164 cm³/mol. The third-order valence-electron chi connectivity index (χ3n) is 9.68. The van der Waals surface area contributed by atoms with Crippen molar-refractivity contribution in [3.8, 4) is 0 Å². The molecule has 43 heavy (non-hydrogen) atoms. The van der Waals surface area contributed by atoms with E-state index in [4.69, 9.17) is 4.74 Å². The monoisotopic (exact) mass is 584 g/mol. The van der Waals surface area contributed by atoms with Gasteiger partial charge in [0.1, 0.15) is 11.6 Å². The molecule has 6 rings (SSSR count). The SMILES string of the molecule is CCN(CC)c1ccc(N2CC=C[C@]34O[C@]5(C)C=CCN(C)C(=O)[C@@H]5[C@H]3C(=O)N([C@H](CO)c3ccccc3)C4C2=O)cc1. The van der Waals surface area contributed by atoms with Crippen LogP contribution in [-0.4, -0.2) is 89.7 Å². The lowest BCUT2D eigenvalue weighted by Gasteiger charge is -2.40. The summed E-state index contributed by atoms with van der Waals surface area (Å²) in [7, 11) is 1.72.